The van der Waals surface area contributed by atoms with Gasteiger partial charge in [-0.15, -0.1) is 0 Å². The average Bonchev–Trinajstić information content (AvgIpc) is 2.64. The van der Waals surface area contributed by atoms with Crippen LogP contribution in [-0.2, 0) is 0 Å². The van der Waals surface area contributed by atoms with E-state index in [9.17, 15) is 4.39 Å². The number of rotatable bonds is 4. The lowest BCUT2D eigenvalue weighted by Crippen LogP contribution is -2.37. The molecule has 8 heteroatoms. The third-order valence-corrected chi connectivity index (χ3v) is 4.81. The number of hydrogen-bond acceptors (Lipinski definition) is 6. The summed E-state index contributed by atoms with van der Waals surface area (Å²) in [6, 6.07) is 8.71. The van der Waals surface area contributed by atoms with E-state index in [1.54, 1.807) is 18.2 Å². The van der Waals surface area contributed by atoms with Crippen molar-refractivity contribution >= 4 is 38.3 Å². The molecule has 4 rings (SSSR count). The summed E-state index contributed by atoms with van der Waals surface area (Å²) in [6.45, 7) is 1.23. The fraction of sp³-hybridized carbons (Fsp3) is 0.263. The number of anilines is 2. The van der Waals surface area contributed by atoms with Gasteiger partial charge >= 0.3 is 0 Å². The topological polar surface area (TPSA) is 59.5 Å². The van der Waals surface area contributed by atoms with Gasteiger partial charge in [-0.2, -0.15) is 0 Å². The van der Waals surface area contributed by atoms with E-state index in [4.69, 9.17) is 9.47 Å². The SMILES string of the molecule is CN(C)CC1COc2cc3ncnc(Nc4cccc(Br)c4F)c3cc2O1. The Morgan fingerprint density at radius 1 is 1.26 bits per heavy atom. The van der Waals surface area contributed by atoms with Gasteiger partial charge in [0.1, 0.15) is 24.9 Å². The van der Waals surface area contributed by atoms with Gasteiger partial charge in [0.05, 0.1) is 15.7 Å². The first-order valence-electron chi connectivity index (χ1n) is 8.45. The highest BCUT2D eigenvalue weighted by atomic mass is 79.9. The zero-order valence-corrected chi connectivity index (χ0v) is 16.5. The summed E-state index contributed by atoms with van der Waals surface area (Å²) in [6.07, 6.45) is 1.37. The maximum Gasteiger partial charge on any atom is 0.163 e. The lowest BCUT2D eigenvalue weighted by molar-refractivity contribution is 0.0713. The van der Waals surface area contributed by atoms with E-state index in [0.717, 1.165) is 11.9 Å². The fourth-order valence-corrected chi connectivity index (χ4v) is 3.36. The van der Waals surface area contributed by atoms with Crippen LogP contribution in [0.1, 0.15) is 0 Å². The Morgan fingerprint density at radius 3 is 2.93 bits per heavy atom. The Bertz CT molecular complexity index is 999. The summed E-state index contributed by atoms with van der Waals surface area (Å²) in [5.74, 6) is 1.40. The molecule has 0 spiro atoms. The van der Waals surface area contributed by atoms with Gasteiger partial charge in [-0.05, 0) is 48.2 Å². The standard InChI is InChI=1S/C19H18BrFN4O2/c1-25(2)8-11-9-26-16-7-15-12(6-17(16)27-11)19(23-10-22-15)24-14-5-3-4-13(20)18(14)21/h3-7,10-11H,8-9H2,1-2H3,(H,22,23,24). The number of likely N-dealkylation sites (N-methyl/N-ethyl adjacent to an activating group) is 1. The predicted octanol–water partition coefficient (Wildman–Crippen LogP) is 3.98. The van der Waals surface area contributed by atoms with Gasteiger partial charge in [0, 0.05) is 18.0 Å². The molecule has 1 aromatic heterocycles. The van der Waals surface area contributed by atoms with Crippen molar-refractivity contribution in [3.63, 3.8) is 0 Å². The minimum atomic E-state index is -0.382. The van der Waals surface area contributed by atoms with Gasteiger partial charge in [0.15, 0.2) is 17.3 Å². The first-order valence-corrected chi connectivity index (χ1v) is 9.24. The number of fused-ring (bicyclic) bond motifs is 2. The molecule has 2 aromatic carbocycles. The highest BCUT2D eigenvalue weighted by Crippen LogP contribution is 2.38. The van der Waals surface area contributed by atoms with E-state index >= 15 is 0 Å². The van der Waals surface area contributed by atoms with Crippen LogP contribution in [0.15, 0.2) is 41.1 Å². The molecule has 0 amide bonds. The Labute approximate surface area is 164 Å². The summed E-state index contributed by atoms with van der Waals surface area (Å²) >= 11 is 3.20. The Kier molecular flexibility index (Phi) is 4.84. The molecule has 1 N–H and O–H groups in total. The molecule has 1 atom stereocenters. The second-order valence-electron chi connectivity index (χ2n) is 6.58. The first-order chi connectivity index (χ1) is 13.0. The molecule has 0 bridgehead atoms. The van der Waals surface area contributed by atoms with Gasteiger partial charge in [-0.25, -0.2) is 14.4 Å². The number of aromatic nitrogens is 2. The van der Waals surface area contributed by atoms with E-state index < -0.39 is 0 Å². The van der Waals surface area contributed by atoms with Crippen molar-refractivity contribution in [3.8, 4) is 11.5 Å². The van der Waals surface area contributed by atoms with Gasteiger partial charge in [0.2, 0.25) is 0 Å². The zero-order valence-electron chi connectivity index (χ0n) is 14.9. The molecule has 0 radical (unpaired) electrons. The van der Waals surface area contributed by atoms with Crippen molar-refractivity contribution in [2.45, 2.75) is 6.10 Å². The van der Waals surface area contributed by atoms with Crippen molar-refractivity contribution < 1.29 is 13.9 Å². The summed E-state index contributed by atoms with van der Waals surface area (Å²) in [7, 11) is 3.98. The Balaban J connectivity index is 1.71. The molecular weight excluding hydrogens is 415 g/mol. The molecule has 3 aromatic rings. The van der Waals surface area contributed by atoms with E-state index in [1.807, 2.05) is 31.1 Å². The first kappa shape index (κ1) is 17.9. The van der Waals surface area contributed by atoms with Crippen LogP contribution in [0.2, 0.25) is 0 Å². The lowest BCUT2D eigenvalue weighted by Gasteiger charge is -2.28. The number of halogens is 2. The van der Waals surface area contributed by atoms with Crippen molar-refractivity contribution in [1.82, 2.24) is 14.9 Å². The molecule has 140 valence electrons. The molecule has 0 saturated carbocycles. The van der Waals surface area contributed by atoms with Crippen LogP contribution in [0.5, 0.6) is 11.5 Å². The molecule has 1 aliphatic rings. The fourth-order valence-electron chi connectivity index (χ4n) is 2.99. The Hall–Kier alpha value is -2.45. The normalized spacial score (nSPS) is 16.0. The number of nitrogens with one attached hydrogen (secondary N) is 1. The molecule has 27 heavy (non-hydrogen) atoms. The quantitative estimate of drug-likeness (QED) is 0.672. The van der Waals surface area contributed by atoms with Crippen LogP contribution in [0, 0.1) is 5.82 Å². The van der Waals surface area contributed by atoms with Crippen LogP contribution in [0.3, 0.4) is 0 Å². The second kappa shape index (κ2) is 7.28. The van der Waals surface area contributed by atoms with Crippen LogP contribution in [0.25, 0.3) is 10.9 Å². The summed E-state index contributed by atoms with van der Waals surface area (Å²) < 4.78 is 26.6. The molecule has 6 nitrogen and oxygen atoms in total. The molecular formula is C19H18BrFN4O2. The number of nitrogens with zero attached hydrogens (tertiary/aromatic N) is 3. The molecule has 0 fully saturated rings. The average molecular weight is 433 g/mol. The van der Waals surface area contributed by atoms with Crippen molar-refractivity contribution in [1.29, 1.82) is 0 Å². The molecule has 1 unspecified atom stereocenters. The summed E-state index contributed by atoms with van der Waals surface area (Å²) in [5, 5.41) is 3.77. The minimum Gasteiger partial charge on any atom is -0.486 e. The number of hydrogen-bond donors (Lipinski definition) is 1. The van der Waals surface area contributed by atoms with Crippen molar-refractivity contribution in [3.05, 3.63) is 46.9 Å². The van der Waals surface area contributed by atoms with Crippen LogP contribution in [0.4, 0.5) is 15.9 Å². The van der Waals surface area contributed by atoms with E-state index in [1.165, 1.54) is 6.33 Å². The summed E-state index contributed by atoms with van der Waals surface area (Å²) in [4.78, 5) is 10.6. The van der Waals surface area contributed by atoms with Gasteiger partial charge in [0.25, 0.3) is 0 Å². The van der Waals surface area contributed by atoms with Crippen molar-refractivity contribution in [2.24, 2.45) is 0 Å². The van der Waals surface area contributed by atoms with Crippen LogP contribution in [-0.4, -0.2) is 48.2 Å². The predicted molar refractivity (Wildman–Crippen MR) is 105 cm³/mol. The van der Waals surface area contributed by atoms with Gasteiger partial charge < -0.3 is 19.7 Å². The van der Waals surface area contributed by atoms with E-state index in [2.05, 4.69) is 31.2 Å². The largest absolute Gasteiger partial charge is 0.486 e. The van der Waals surface area contributed by atoms with Gasteiger partial charge in [-0.1, -0.05) is 6.07 Å². The monoisotopic (exact) mass is 432 g/mol. The number of ether oxygens (including phenoxy) is 2. The third-order valence-electron chi connectivity index (χ3n) is 4.19. The van der Waals surface area contributed by atoms with E-state index in [-0.39, 0.29) is 11.9 Å². The Morgan fingerprint density at radius 2 is 2.11 bits per heavy atom. The zero-order chi connectivity index (χ0) is 19.0. The number of benzene rings is 2. The third kappa shape index (κ3) is 3.68. The maximum atomic E-state index is 14.3. The molecule has 0 aliphatic carbocycles. The van der Waals surface area contributed by atoms with Gasteiger partial charge in [-0.3, -0.25) is 0 Å². The minimum absolute atomic E-state index is 0.0616. The molecule has 1 aliphatic heterocycles. The molecule has 2 heterocycles. The summed E-state index contributed by atoms with van der Waals surface area (Å²) in [5.41, 5.74) is 1.01. The second-order valence-corrected chi connectivity index (χ2v) is 7.43. The van der Waals surface area contributed by atoms with Crippen LogP contribution < -0.4 is 14.8 Å². The molecule has 0 saturated heterocycles. The highest BCUT2D eigenvalue weighted by Gasteiger charge is 2.23. The smallest absolute Gasteiger partial charge is 0.163 e. The van der Waals surface area contributed by atoms with Crippen LogP contribution >= 0.6 is 15.9 Å². The maximum absolute atomic E-state index is 14.3. The lowest BCUT2D eigenvalue weighted by atomic mass is 10.2. The highest BCUT2D eigenvalue weighted by molar-refractivity contribution is 9.10. The van der Waals surface area contributed by atoms with Crippen molar-refractivity contribution in [2.75, 3.05) is 32.6 Å². The van der Waals surface area contributed by atoms with E-state index in [0.29, 0.717) is 39.6 Å².